The minimum atomic E-state index is 0.233. The SMILES string of the molecule is CCC1(CC)CN(Cc2ncccn2)C(C(C)(C)C)CN1. The monoisotopic (exact) mass is 290 g/mol. The Bertz CT molecular complexity index is 434. The van der Waals surface area contributed by atoms with Crippen molar-refractivity contribution in [3.8, 4) is 0 Å². The zero-order valence-electron chi connectivity index (χ0n) is 14.2. The van der Waals surface area contributed by atoms with E-state index in [1.165, 1.54) is 0 Å². The summed E-state index contributed by atoms with van der Waals surface area (Å²) in [4.78, 5) is 11.4. The summed E-state index contributed by atoms with van der Waals surface area (Å²) in [6, 6.07) is 2.39. The van der Waals surface area contributed by atoms with Crippen LogP contribution in [0.1, 0.15) is 53.3 Å². The Balaban J connectivity index is 2.21. The summed E-state index contributed by atoms with van der Waals surface area (Å²) in [5, 5.41) is 3.82. The molecule has 1 aromatic heterocycles. The van der Waals surface area contributed by atoms with Crippen LogP contribution in [0.4, 0.5) is 0 Å². The lowest BCUT2D eigenvalue weighted by molar-refractivity contribution is 0.0114. The molecule has 1 aliphatic heterocycles. The molecule has 1 saturated heterocycles. The van der Waals surface area contributed by atoms with Crippen LogP contribution < -0.4 is 5.32 Å². The topological polar surface area (TPSA) is 41.1 Å². The number of piperazine rings is 1. The molecule has 1 aliphatic rings. The van der Waals surface area contributed by atoms with E-state index in [1.54, 1.807) is 0 Å². The molecule has 0 spiro atoms. The highest BCUT2D eigenvalue weighted by atomic mass is 15.3. The van der Waals surface area contributed by atoms with E-state index in [9.17, 15) is 0 Å². The van der Waals surface area contributed by atoms with Crippen LogP contribution in [0.2, 0.25) is 0 Å². The molecule has 2 heterocycles. The minimum absolute atomic E-state index is 0.233. The third-order valence-electron chi connectivity index (χ3n) is 4.93. The van der Waals surface area contributed by atoms with Crippen LogP contribution in [0.25, 0.3) is 0 Å². The number of rotatable bonds is 4. The van der Waals surface area contributed by atoms with Gasteiger partial charge in [0.25, 0.3) is 0 Å². The van der Waals surface area contributed by atoms with Crippen molar-refractivity contribution in [2.24, 2.45) is 5.41 Å². The predicted molar refractivity (Wildman–Crippen MR) is 87.0 cm³/mol. The molecule has 0 amide bonds. The van der Waals surface area contributed by atoms with Crippen LogP contribution in [0, 0.1) is 5.41 Å². The van der Waals surface area contributed by atoms with Crippen molar-refractivity contribution in [2.75, 3.05) is 13.1 Å². The third kappa shape index (κ3) is 3.80. The lowest BCUT2D eigenvalue weighted by Crippen LogP contribution is -2.66. The Morgan fingerprint density at radius 3 is 2.38 bits per heavy atom. The Morgan fingerprint density at radius 1 is 1.24 bits per heavy atom. The zero-order valence-corrected chi connectivity index (χ0v) is 14.2. The quantitative estimate of drug-likeness (QED) is 0.926. The van der Waals surface area contributed by atoms with Gasteiger partial charge in [-0.25, -0.2) is 9.97 Å². The fourth-order valence-corrected chi connectivity index (χ4v) is 3.33. The first-order valence-electron chi connectivity index (χ1n) is 8.15. The van der Waals surface area contributed by atoms with Crippen LogP contribution >= 0.6 is 0 Å². The smallest absolute Gasteiger partial charge is 0.142 e. The lowest BCUT2D eigenvalue weighted by Gasteiger charge is -2.51. The Hall–Kier alpha value is -1.00. The summed E-state index contributed by atoms with van der Waals surface area (Å²) in [6.07, 6.45) is 5.99. The molecule has 1 atom stereocenters. The standard InChI is InChI=1S/C17H30N4/c1-6-17(7-2)13-21(12-15-18-9-8-10-19-15)14(11-20-17)16(3,4)5/h8-10,14,20H,6-7,11-13H2,1-5H3. The normalized spacial score (nSPS) is 23.2. The summed E-state index contributed by atoms with van der Waals surface area (Å²) >= 11 is 0. The molecule has 1 N–H and O–H groups in total. The number of nitrogens with zero attached hydrogens (tertiary/aromatic N) is 3. The van der Waals surface area contributed by atoms with E-state index in [2.05, 4.69) is 54.8 Å². The summed E-state index contributed by atoms with van der Waals surface area (Å²) in [5.74, 6) is 0.926. The lowest BCUT2D eigenvalue weighted by atomic mass is 9.80. The molecular formula is C17H30N4. The highest BCUT2D eigenvalue weighted by Crippen LogP contribution is 2.32. The summed E-state index contributed by atoms with van der Waals surface area (Å²) in [5.41, 5.74) is 0.478. The van der Waals surface area contributed by atoms with Gasteiger partial charge in [-0.1, -0.05) is 34.6 Å². The molecule has 21 heavy (non-hydrogen) atoms. The summed E-state index contributed by atoms with van der Waals surface area (Å²) < 4.78 is 0. The fraction of sp³-hybridized carbons (Fsp3) is 0.765. The molecule has 118 valence electrons. The second-order valence-corrected chi connectivity index (χ2v) is 7.32. The molecule has 4 heteroatoms. The number of nitrogens with one attached hydrogen (secondary N) is 1. The predicted octanol–water partition coefficient (Wildman–Crippen LogP) is 2.86. The fourth-order valence-electron chi connectivity index (χ4n) is 3.33. The molecular weight excluding hydrogens is 260 g/mol. The van der Waals surface area contributed by atoms with Gasteiger partial charge in [0.05, 0.1) is 6.54 Å². The maximum absolute atomic E-state index is 4.42. The molecule has 2 rings (SSSR count). The number of aromatic nitrogens is 2. The Labute approximate surface area is 129 Å². The number of hydrogen-bond donors (Lipinski definition) is 1. The molecule has 0 bridgehead atoms. The van der Waals surface area contributed by atoms with E-state index in [0.717, 1.165) is 38.3 Å². The second-order valence-electron chi connectivity index (χ2n) is 7.32. The van der Waals surface area contributed by atoms with Gasteiger partial charge in [-0.05, 0) is 24.3 Å². The average molecular weight is 290 g/mol. The largest absolute Gasteiger partial charge is 0.308 e. The van der Waals surface area contributed by atoms with Gasteiger partial charge in [0.15, 0.2) is 0 Å². The highest BCUT2D eigenvalue weighted by molar-refractivity contribution is 5.01. The Morgan fingerprint density at radius 2 is 1.86 bits per heavy atom. The van der Waals surface area contributed by atoms with Gasteiger partial charge in [-0.2, -0.15) is 0 Å². The van der Waals surface area contributed by atoms with Crippen molar-refractivity contribution in [1.29, 1.82) is 0 Å². The first-order valence-corrected chi connectivity index (χ1v) is 8.15. The first kappa shape index (κ1) is 16.4. The van der Waals surface area contributed by atoms with Gasteiger partial charge >= 0.3 is 0 Å². The highest BCUT2D eigenvalue weighted by Gasteiger charge is 2.41. The van der Waals surface area contributed by atoms with Gasteiger partial charge in [-0.15, -0.1) is 0 Å². The van der Waals surface area contributed by atoms with Crippen LogP contribution in [0.3, 0.4) is 0 Å². The van der Waals surface area contributed by atoms with E-state index >= 15 is 0 Å². The van der Waals surface area contributed by atoms with Crippen molar-refractivity contribution in [1.82, 2.24) is 20.2 Å². The van der Waals surface area contributed by atoms with Crippen molar-refractivity contribution >= 4 is 0 Å². The molecule has 0 aliphatic carbocycles. The van der Waals surface area contributed by atoms with E-state index in [0.29, 0.717) is 6.04 Å². The van der Waals surface area contributed by atoms with Crippen LogP contribution in [0.5, 0.6) is 0 Å². The zero-order chi connectivity index (χ0) is 15.5. The third-order valence-corrected chi connectivity index (χ3v) is 4.93. The van der Waals surface area contributed by atoms with Crippen LogP contribution in [-0.2, 0) is 6.54 Å². The van der Waals surface area contributed by atoms with Crippen molar-refractivity contribution in [3.05, 3.63) is 24.3 Å². The minimum Gasteiger partial charge on any atom is -0.308 e. The van der Waals surface area contributed by atoms with E-state index in [-0.39, 0.29) is 11.0 Å². The number of hydrogen-bond acceptors (Lipinski definition) is 4. The van der Waals surface area contributed by atoms with Crippen LogP contribution in [0.15, 0.2) is 18.5 Å². The second kappa shape index (κ2) is 6.41. The van der Waals surface area contributed by atoms with Gasteiger partial charge < -0.3 is 5.32 Å². The Kier molecular flexibility index (Phi) is 4.99. The average Bonchev–Trinajstić information content (AvgIpc) is 2.47. The van der Waals surface area contributed by atoms with Crippen LogP contribution in [-0.4, -0.2) is 39.5 Å². The maximum Gasteiger partial charge on any atom is 0.142 e. The summed E-state index contributed by atoms with van der Waals surface area (Å²) in [7, 11) is 0. The molecule has 4 nitrogen and oxygen atoms in total. The van der Waals surface area contributed by atoms with Gasteiger partial charge in [0.1, 0.15) is 5.82 Å². The molecule has 0 radical (unpaired) electrons. The maximum atomic E-state index is 4.42. The van der Waals surface area contributed by atoms with Gasteiger partial charge in [0.2, 0.25) is 0 Å². The van der Waals surface area contributed by atoms with Gasteiger partial charge in [0, 0.05) is 37.1 Å². The molecule has 0 saturated carbocycles. The molecule has 0 aromatic carbocycles. The molecule has 1 aromatic rings. The van der Waals surface area contributed by atoms with Crippen molar-refractivity contribution in [2.45, 2.75) is 65.6 Å². The van der Waals surface area contributed by atoms with Crippen molar-refractivity contribution < 1.29 is 0 Å². The summed E-state index contributed by atoms with van der Waals surface area (Å²) in [6.45, 7) is 14.5. The van der Waals surface area contributed by atoms with E-state index in [4.69, 9.17) is 0 Å². The van der Waals surface area contributed by atoms with Gasteiger partial charge in [-0.3, -0.25) is 4.90 Å². The van der Waals surface area contributed by atoms with Crippen molar-refractivity contribution in [3.63, 3.8) is 0 Å². The molecule has 1 unspecified atom stereocenters. The first-order chi connectivity index (χ1) is 9.90. The van der Waals surface area contributed by atoms with E-state index < -0.39 is 0 Å². The van der Waals surface area contributed by atoms with E-state index in [1.807, 2.05) is 18.5 Å². The molecule has 1 fully saturated rings.